The molecule has 2 fully saturated rings. The van der Waals surface area contributed by atoms with Crippen LogP contribution in [-0.2, 0) is 4.74 Å². The van der Waals surface area contributed by atoms with E-state index in [2.05, 4.69) is 14.9 Å². The average molecular weight is 439 g/mol. The Bertz CT molecular complexity index is 1140. The Balaban J connectivity index is 1.34. The van der Waals surface area contributed by atoms with Crippen molar-refractivity contribution in [3.05, 3.63) is 36.7 Å². The molecule has 4 heterocycles. The Morgan fingerprint density at radius 3 is 2.77 bits per heavy atom. The zero-order valence-corrected chi connectivity index (χ0v) is 18.3. The minimum Gasteiger partial charge on any atom is -0.381 e. The topological polar surface area (TPSA) is 112 Å². The summed E-state index contributed by atoms with van der Waals surface area (Å²) in [6.07, 6.45) is 5.56. The third-order valence-electron chi connectivity index (χ3n) is 6.55. The largest absolute Gasteiger partial charge is 0.381 e. The van der Waals surface area contributed by atoms with Crippen molar-refractivity contribution in [3.63, 3.8) is 0 Å². The van der Waals surface area contributed by atoms with Crippen LogP contribution < -0.4 is 16.4 Å². The standard InChI is InChI=1S/C22H26N6O2S/c1-14(29)28-8-5-15-16(28)3-2-4-17(15)31-21-20(24)26-19(11-25-21)27-9-6-22(7-10-27)13-30-12-18(22)23/h2-5,8,11,18H,6-7,9-10,12-13,23H2,1H3,(H2,24,26)/t18-/m1/s1. The Hall–Kier alpha value is -2.62. The van der Waals surface area contributed by atoms with Crippen molar-refractivity contribution < 1.29 is 9.53 Å². The second-order valence-electron chi connectivity index (χ2n) is 8.39. The van der Waals surface area contributed by atoms with Gasteiger partial charge in [-0.15, -0.1) is 0 Å². The van der Waals surface area contributed by atoms with Gasteiger partial charge in [-0.1, -0.05) is 17.8 Å². The van der Waals surface area contributed by atoms with Gasteiger partial charge in [0, 0.05) is 47.9 Å². The van der Waals surface area contributed by atoms with Gasteiger partial charge in [-0.3, -0.25) is 9.36 Å². The molecule has 0 saturated carbocycles. The molecule has 0 amide bonds. The van der Waals surface area contributed by atoms with E-state index in [-0.39, 0.29) is 17.4 Å². The van der Waals surface area contributed by atoms with Crippen LogP contribution in [0, 0.1) is 5.41 Å². The van der Waals surface area contributed by atoms with E-state index in [9.17, 15) is 4.79 Å². The first kappa shape index (κ1) is 20.3. The molecule has 31 heavy (non-hydrogen) atoms. The second-order valence-corrected chi connectivity index (χ2v) is 9.42. The van der Waals surface area contributed by atoms with Crippen molar-refractivity contribution in [1.82, 2.24) is 14.5 Å². The second kappa shape index (κ2) is 7.81. The predicted octanol–water partition coefficient (Wildman–Crippen LogP) is 2.77. The molecule has 8 nitrogen and oxygen atoms in total. The fourth-order valence-corrected chi connectivity index (χ4v) is 5.48. The molecule has 5 rings (SSSR count). The van der Waals surface area contributed by atoms with Crippen LogP contribution in [0.5, 0.6) is 0 Å². The summed E-state index contributed by atoms with van der Waals surface area (Å²) >= 11 is 1.46. The fraction of sp³-hybridized carbons (Fsp3) is 0.409. The number of nitrogen functional groups attached to an aromatic ring is 1. The van der Waals surface area contributed by atoms with Gasteiger partial charge in [-0.05, 0) is 31.0 Å². The Morgan fingerprint density at radius 1 is 1.29 bits per heavy atom. The van der Waals surface area contributed by atoms with Gasteiger partial charge in [0.25, 0.3) is 0 Å². The van der Waals surface area contributed by atoms with Gasteiger partial charge < -0.3 is 21.1 Å². The first-order valence-corrected chi connectivity index (χ1v) is 11.3. The number of hydrogen-bond acceptors (Lipinski definition) is 8. The minimum atomic E-state index is -0.0192. The van der Waals surface area contributed by atoms with Crippen molar-refractivity contribution in [2.24, 2.45) is 11.1 Å². The molecule has 1 spiro atoms. The summed E-state index contributed by atoms with van der Waals surface area (Å²) in [7, 11) is 0. The SMILES string of the molecule is CC(=O)n1ccc2c(Sc3ncc(N4CCC5(CC4)COC[C@H]5N)nc3N)cccc21. The van der Waals surface area contributed by atoms with E-state index < -0.39 is 0 Å². The number of nitrogens with two attached hydrogens (primary N) is 2. The van der Waals surface area contributed by atoms with E-state index in [0.29, 0.717) is 17.5 Å². The molecule has 162 valence electrons. The lowest BCUT2D eigenvalue weighted by atomic mass is 9.75. The first-order valence-electron chi connectivity index (χ1n) is 10.5. The normalized spacial score (nSPS) is 20.6. The van der Waals surface area contributed by atoms with Gasteiger partial charge in [0.05, 0.1) is 24.9 Å². The van der Waals surface area contributed by atoms with E-state index in [0.717, 1.165) is 54.2 Å². The molecule has 0 unspecified atom stereocenters. The van der Waals surface area contributed by atoms with Crippen molar-refractivity contribution in [2.75, 3.05) is 36.9 Å². The maximum atomic E-state index is 11.8. The number of carbonyl (C=O) groups excluding carboxylic acids is 1. The van der Waals surface area contributed by atoms with Crippen LogP contribution in [0.3, 0.4) is 0 Å². The summed E-state index contributed by atoms with van der Waals surface area (Å²) in [5.74, 6) is 1.19. The number of anilines is 2. The zero-order chi connectivity index (χ0) is 21.6. The third-order valence-corrected chi connectivity index (χ3v) is 7.63. The van der Waals surface area contributed by atoms with Crippen LogP contribution in [-0.4, -0.2) is 52.8 Å². The molecule has 9 heteroatoms. The van der Waals surface area contributed by atoms with Gasteiger partial charge in [0.2, 0.25) is 5.91 Å². The number of hydrogen-bond donors (Lipinski definition) is 2. The lowest BCUT2D eigenvalue weighted by molar-refractivity contribution is 0.0941. The summed E-state index contributed by atoms with van der Waals surface area (Å²) in [6, 6.07) is 7.93. The number of carbonyl (C=O) groups is 1. The molecule has 1 atom stereocenters. The predicted molar refractivity (Wildman–Crippen MR) is 121 cm³/mol. The van der Waals surface area contributed by atoms with Crippen LogP contribution in [0.4, 0.5) is 11.6 Å². The molecule has 1 aromatic carbocycles. The molecular weight excluding hydrogens is 412 g/mol. The lowest BCUT2D eigenvalue weighted by Crippen LogP contribution is -2.49. The van der Waals surface area contributed by atoms with Gasteiger partial charge in [0.1, 0.15) is 10.8 Å². The number of rotatable bonds is 3. The minimum absolute atomic E-state index is 0.0192. The summed E-state index contributed by atoms with van der Waals surface area (Å²) in [4.78, 5) is 24.3. The molecule has 0 bridgehead atoms. The Morgan fingerprint density at radius 2 is 2.10 bits per heavy atom. The van der Waals surface area contributed by atoms with Crippen LogP contribution in [0.2, 0.25) is 0 Å². The molecule has 3 aromatic rings. The van der Waals surface area contributed by atoms with Gasteiger partial charge in [-0.25, -0.2) is 9.97 Å². The molecule has 0 radical (unpaired) electrons. The summed E-state index contributed by atoms with van der Waals surface area (Å²) < 4.78 is 7.25. The van der Waals surface area contributed by atoms with E-state index in [1.165, 1.54) is 11.8 Å². The van der Waals surface area contributed by atoms with Crippen LogP contribution in [0.15, 0.2) is 46.6 Å². The highest BCUT2D eigenvalue weighted by atomic mass is 32.2. The number of fused-ring (bicyclic) bond motifs is 1. The number of piperidine rings is 1. The highest BCUT2D eigenvalue weighted by molar-refractivity contribution is 7.99. The molecule has 0 aliphatic carbocycles. The van der Waals surface area contributed by atoms with E-state index in [1.807, 2.05) is 24.3 Å². The van der Waals surface area contributed by atoms with Crippen LogP contribution in [0.25, 0.3) is 10.9 Å². The summed E-state index contributed by atoms with van der Waals surface area (Å²) in [5, 5.41) is 1.65. The van der Waals surface area contributed by atoms with Crippen molar-refractivity contribution in [1.29, 1.82) is 0 Å². The number of ether oxygens (including phenoxy) is 1. The smallest absolute Gasteiger partial charge is 0.227 e. The van der Waals surface area contributed by atoms with Gasteiger partial charge >= 0.3 is 0 Å². The van der Waals surface area contributed by atoms with Crippen molar-refractivity contribution >= 4 is 40.2 Å². The van der Waals surface area contributed by atoms with Gasteiger partial charge in [-0.2, -0.15) is 0 Å². The van der Waals surface area contributed by atoms with E-state index in [4.69, 9.17) is 16.2 Å². The van der Waals surface area contributed by atoms with E-state index in [1.54, 1.807) is 23.9 Å². The van der Waals surface area contributed by atoms with E-state index >= 15 is 0 Å². The third kappa shape index (κ3) is 3.56. The summed E-state index contributed by atoms with van der Waals surface area (Å²) in [6.45, 7) is 4.70. The highest BCUT2D eigenvalue weighted by Gasteiger charge is 2.44. The fourth-order valence-electron chi connectivity index (χ4n) is 4.59. The molecular formula is C22H26N6O2S. The molecule has 2 aromatic heterocycles. The number of nitrogens with zero attached hydrogens (tertiary/aromatic N) is 4. The average Bonchev–Trinajstić information content (AvgIpc) is 3.35. The lowest BCUT2D eigenvalue weighted by Gasteiger charge is -2.41. The van der Waals surface area contributed by atoms with Crippen LogP contribution >= 0.6 is 11.8 Å². The molecule has 2 aliphatic heterocycles. The van der Waals surface area contributed by atoms with Crippen LogP contribution in [0.1, 0.15) is 24.6 Å². The molecule has 4 N–H and O–H groups in total. The van der Waals surface area contributed by atoms with Crippen molar-refractivity contribution in [3.8, 4) is 0 Å². The first-order chi connectivity index (χ1) is 15.0. The number of aromatic nitrogens is 3. The summed E-state index contributed by atoms with van der Waals surface area (Å²) in [5.41, 5.74) is 13.5. The van der Waals surface area contributed by atoms with Crippen molar-refractivity contribution in [2.45, 2.75) is 35.7 Å². The number of benzene rings is 1. The monoisotopic (exact) mass is 438 g/mol. The Kier molecular flexibility index (Phi) is 5.11. The molecule has 2 aliphatic rings. The highest BCUT2D eigenvalue weighted by Crippen LogP contribution is 2.40. The quantitative estimate of drug-likeness (QED) is 0.642. The maximum absolute atomic E-state index is 11.8. The Labute approximate surface area is 185 Å². The maximum Gasteiger partial charge on any atom is 0.227 e. The molecule has 2 saturated heterocycles. The zero-order valence-electron chi connectivity index (χ0n) is 17.5. The van der Waals surface area contributed by atoms with Gasteiger partial charge in [0.15, 0.2) is 5.82 Å².